The molecule has 3 nitrogen and oxygen atoms in total. The molecule has 0 atom stereocenters. The zero-order chi connectivity index (χ0) is 10.8. The number of carbonyl (C=O) groups is 1. The molecule has 14 heavy (non-hydrogen) atoms. The van der Waals surface area contributed by atoms with Gasteiger partial charge in [-0.15, -0.1) is 0 Å². The van der Waals surface area contributed by atoms with Crippen molar-refractivity contribution in [3.05, 3.63) is 0 Å². The van der Waals surface area contributed by atoms with E-state index in [0.29, 0.717) is 6.54 Å². The monoisotopic (exact) mass is 212 g/mol. The van der Waals surface area contributed by atoms with Crippen molar-refractivity contribution >= 4 is 17.7 Å². The van der Waals surface area contributed by atoms with E-state index in [0.717, 1.165) is 12.8 Å². The Bertz CT molecular complexity index is 276. The first-order valence-electron chi connectivity index (χ1n) is 4.70. The van der Waals surface area contributed by atoms with Gasteiger partial charge in [0.25, 0.3) is 0 Å². The van der Waals surface area contributed by atoms with Crippen molar-refractivity contribution in [3.8, 4) is 6.07 Å². The molecule has 0 aliphatic heterocycles. The van der Waals surface area contributed by atoms with Gasteiger partial charge in [-0.05, 0) is 32.9 Å². The van der Waals surface area contributed by atoms with Crippen LogP contribution in [-0.2, 0) is 4.79 Å². The van der Waals surface area contributed by atoms with E-state index in [4.69, 9.17) is 5.26 Å². The van der Waals surface area contributed by atoms with Crippen LogP contribution < -0.4 is 5.32 Å². The van der Waals surface area contributed by atoms with Crippen molar-refractivity contribution in [1.29, 1.82) is 5.26 Å². The summed E-state index contributed by atoms with van der Waals surface area (Å²) in [5.74, 6) is -0.0953. The number of amides is 1. The van der Waals surface area contributed by atoms with Gasteiger partial charge in [-0.1, -0.05) is 0 Å². The van der Waals surface area contributed by atoms with Gasteiger partial charge in [0.2, 0.25) is 5.91 Å². The molecule has 0 radical (unpaired) electrons. The summed E-state index contributed by atoms with van der Waals surface area (Å²) in [7, 11) is 0. The largest absolute Gasteiger partial charge is 0.353 e. The zero-order valence-electron chi connectivity index (χ0n) is 8.89. The molecule has 0 spiro atoms. The van der Waals surface area contributed by atoms with Gasteiger partial charge >= 0.3 is 0 Å². The fraction of sp³-hybridized carbons (Fsp3) is 0.800. The number of carbonyl (C=O) groups excluding carboxylic acids is 1. The number of nitrogens with zero attached hydrogens (tertiary/aromatic N) is 1. The molecule has 1 N–H and O–H groups in total. The molecule has 0 bridgehead atoms. The van der Waals surface area contributed by atoms with Crippen molar-refractivity contribution in [2.24, 2.45) is 5.41 Å². The van der Waals surface area contributed by atoms with Crippen LogP contribution in [0.2, 0.25) is 0 Å². The topological polar surface area (TPSA) is 52.9 Å². The van der Waals surface area contributed by atoms with E-state index in [-0.39, 0.29) is 10.7 Å². The van der Waals surface area contributed by atoms with Crippen LogP contribution in [0.25, 0.3) is 0 Å². The first-order valence-corrected chi connectivity index (χ1v) is 5.93. The molecule has 1 amide bonds. The fourth-order valence-corrected chi connectivity index (χ4v) is 1.27. The number of nitrogens with one attached hydrogen (secondary N) is 1. The van der Waals surface area contributed by atoms with E-state index < -0.39 is 5.41 Å². The minimum Gasteiger partial charge on any atom is -0.353 e. The number of nitriles is 1. The first-order chi connectivity index (χ1) is 6.46. The second-order valence-corrected chi connectivity index (χ2v) is 5.85. The van der Waals surface area contributed by atoms with Crippen LogP contribution in [0.3, 0.4) is 0 Å². The van der Waals surface area contributed by atoms with Crippen molar-refractivity contribution in [2.75, 3.05) is 12.8 Å². The molecule has 1 aliphatic rings. The molecule has 0 saturated heterocycles. The predicted molar refractivity (Wildman–Crippen MR) is 57.9 cm³/mol. The SMILES string of the molecule is CSC(C)(C)CNC(=O)C1(C#N)CC1. The van der Waals surface area contributed by atoms with Crippen LogP contribution in [0.4, 0.5) is 0 Å². The molecule has 1 rings (SSSR count). The number of hydrogen-bond donors (Lipinski definition) is 1. The van der Waals surface area contributed by atoms with Gasteiger partial charge < -0.3 is 5.32 Å². The van der Waals surface area contributed by atoms with E-state index in [1.54, 1.807) is 11.8 Å². The van der Waals surface area contributed by atoms with Gasteiger partial charge in [0, 0.05) is 11.3 Å². The highest BCUT2D eigenvalue weighted by Gasteiger charge is 2.50. The zero-order valence-corrected chi connectivity index (χ0v) is 9.70. The minimum absolute atomic E-state index is 0.0429. The summed E-state index contributed by atoms with van der Waals surface area (Å²) in [5, 5.41) is 11.6. The molecule has 0 aromatic rings. The normalized spacial score (nSPS) is 18.4. The highest BCUT2D eigenvalue weighted by atomic mass is 32.2. The molecule has 0 heterocycles. The van der Waals surface area contributed by atoms with E-state index in [1.165, 1.54) is 0 Å². The predicted octanol–water partition coefficient (Wildman–Crippen LogP) is 1.55. The van der Waals surface area contributed by atoms with Crippen molar-refractivity contribution in [3.63, 3.8) is 0 Å². The molecular weight excluding hydrogens is 196 g/mol. The maximum atomic E-state index is 11.6. The average molecular weight is 212 g/mol. The van der Waals surface area contributed by atoms with Crippen LogP contribution in [-0.4, -0.2) is 23.5 Å². The summed E-state index contributed by atoms with van der Waals surface area (Å²) >= 11 is 1.71. The van der Waals surface area contributed by atoms with E-state index in [9.17, 15) is 4.79 Å². The molecule has 0 aromatic carbocycles. The molecule has 4 heteroatoms. The maximum Gasteiger partial charge on any atom is 0.240 e. The lowest BCUT2D eigenvalue weighted by Gasteiger charge is -2.22. The van der Waals surface area contributed by atoms with Crippen LogP contribution in [0, 0.1) is 16.7 Å². The Morgan fingerprint density at radius 1 is 1.64 bits per heavy atom. The van der Waals surface area contributed by atoms with Gasteiger partial charge in [0.15, 0.2) is 0 Å². The summed E-state index contributed by atoms with van der Waals surface area (Å²) in [6, 6.07) is 2.09. The Kier molecular flexibility index (Phi) is 3.10. The second-order valence-electron chi connectivity index (χ2n) is 4.34. The Balaban J connectivity index is 2.40. The van der Waals surface area contributed by atoms with Crippen molar-refractivity contribution in [2.45, 2.75) is 31.4 Å². The quantitative estimate of drug-likeness (QED) is 0.769. The van der Waals surface area contributed by atoms with Crippen LogP contribution in [0.15, 0.2) is 0 Å². The Morgan fingerprint density at radius 2 is 2.21 bits per heavy atom. The van der Waals surface area contributed by atoms with E-state index >= 15 is 0 Å². The fourth-order valence-electron chi connectivity index (χ4n) is 1.05. The van der Waals surface area contributed by atoms with Gasteiger partial charge in [-0.3, -0.25) is 4.79 Å². The highest BCUT2D eigenvalue weighted by molar-refractivity contribution is 7.99. The summed E-state index contributed by atoms with van der Waals surface area (Å²) in [5.41, 5.74) is -0.686. The van der Waals surface area contributed by atoms with Crippen molar-refractivity contribution in [1.82, 2.24) is 5.32 Å². The Morgan fingerprint density at radius 3 is 2.57 bits per heavy atom. The second kappa shape index (κ2) is 3.82. The smallest absolute Gasteiger partial charge is 0.240 e. The molecule has 1 saturated carbocycles. The summed E-state index contributed by atoms with van der Waals surface area (Å²) in [6.07, 6.45) is 3.45. The third-order valence-electron chi connectivity index (χ3n) is 2.63. The number of hydrogen-bond acceptors (Lipinski definition) is 3. The van der Waals surface area contributed by atoms with Crippen LogP contribution in [0.5, 0.6) is 0 Å². The standard InChI is InChI=1S/C10H16N2OS/c1-9(2,14-3)7-12-8(13)10(6-11)4-5-10/h4-5,7H2,1-3H3,(H,12,13). The molecule has 1 aliphatic carbocycles. The van der Waals surface area contributed by atoms with E-state index in [2.05, 4.69) is 25.2 Å². The third-order valence-corrected chi connectivity index (χ3v) is 3.88. The lowest BCUT2D eigenvalue weighted by atomic mass is 10.1. The molecule has 0 unspecified atom stereocenters. The van der Waals surface area contributed by atoms with Gasteiger partial charge in [-0.2, -0.15) is 17.0 Å². The first kappa shape index (κ1) is 11.4. The van der Waals surface area contributed by atoms with Crippen LogP contribution in [0.1, 0.15) is 26.7 Å². The maximum absolute atomic E-state index is 11.6. The highest BCUT2D eigenvalue weighted by Crippen LogP contribution is 2.45. The number of rotatable bonds is 4. The lowest BCUT2D eigenvalue weighted by Crippen LogP contribution is -2.39. The Labute approximate surface area is 89.2 Å². The molecule has 78 valence electrons. The minimum atomic E-state index is -0.686. The molecule has 0 aromatic heterocycles. The lowest BCUT2D eigenvalue weighted by molar-refractivity contribution is -0.124. The summed E-state index contributed by atoms with van der Waals surface area (Å²) in [4.78, 5) is 11.6. The third kappa shape index (κ3) is 2.42. The molecular formula is C10H16N2OS. The molecule has 1 fully saturated rings. The van der Waals surface area contributed by atoms with Gasteiger partial charge in [-0.25, -0.2) is 0 Å². The van der Waals surface area contributed by atoms with Gasteiger partial charge in [0.05, 0.1) is 6.07 Å². The van der Waals surface area contributed by atoms with Gasteiger partial charge in [0.1, 0.15) is 5.41 Å². The number of thioether (sulfide) groups is 1. The Hall–Kier alpha value is -0.690. The average Bonchev–Trinajstić information content (AvgIpc) is 2.95. The summed E-state index contributed by atoms with van der Waals surface area (Å²) in [6.45, 7) is 4.77. The van der Waals surface area contributed by atoms with Crippen molar-refractivity contribution < 1.29 is 4.79 Å². The summed E-state index contributed by atoms with van der Waals surface area (Å²) < 4.78 is 0.0429. The van der Waals surface area contributed by atoms with Crippen LogP contribution >= 0.6 is 11.8 Å². The van der Waals surface area contributed by atoms with E-state index in [1.807, 2.05) is 6.26 Å².